The van der Waals surface area contributed by atoms with E-state index < -0.39 is 5.97 Å². The number of fused-ring (bicyclic) bond motifs is 1. The number of piperazine rings is 1. The number of benzene rings is 2. The van der Waals surface area contributed by atoms with Gasteiger partial charge < -0.3 is 10.0 Å². The molecule has 1 N–H and O–H groups in total. The molecule has 2 aromatic carbocycles. The van der Waals surface area contributed by atoms with Crippen molar-refractivity contribution in [1.29, 1.82) is 0 Å². The van der Waals surface area contributed by atoms with Crippen LogP contribution < -0.4 is 4.90 Å². The standard InChI is InChI=1S/C21H21N3O2/c25-21(26)18-7-5-16(6-8-18)15-23-11-13-24(14-12-23)20-19-4-2-1-3-17(19)9-10-22-20/h1-10H,11-15H2,(H,25,26). The zero-order valence-corrected chi connectivity index (χ0v) is 14.5. The summed E-state index contributed by atoms with van der Waals surface area (Å²) in [5.74, 6) is 0.182. The SMILES string of the molecule is O=C(O)c1ccc(CN2CCN(c3nccc4ccccc34)CC2)cc1. The maximum atomic E-state index is 10.9. The van der Waals surface area contributed by atoms with Crippen LogP contribution in [-0.2, 0) is 6.54 Å². The Kier molecular flexibility index (Phi) is 4.54. The van der Waals surface area contributed by atoms with E-state index in [0.29, 0.717) is 5.56 Å². The molecule has 0 saturated carbocycles. The van der Waals surface area contributed by atoms with Gasteiger partial charge in [-0.2, -0.15) is 0 Å². The lowest BCUT2D eigenvalue weighted by molar-refractivity contribution is 0.0697. The number of hydrogen-bond acceptors (Lipinski definition) is 4. The average molecular weight is 347 g/mol. The van der Waals surface area contributed by atoms with Crippen LogP contribution in [0.3, 0.4) is 0 Å². The van der Waals surface area contributed by atoms with E-state index in [0.717, 1.165) is 44.1 Å². The summed E-state index contributed by atoms with van der Waals surface area (Å²) in [6.45, 7) is 4.65. The van der Waals surface area contributed by atoms with Gasteiger partial charge in [-0.1, -0.05) is 36.4 Å². The van der Waals surface area contributed by atoms with E-state index in [1.807, 2.05) is 18.3 Å². The van der Waals surface area contributed by atoms with Crippen molar-refractivity contribution in [3.63, 3.8) is 0 Å². The van der Waals surface area contributed by atoms with Crippen LogP contribution in [0.25, 0.3) is 10.8 Å². The van der Waals surface area contributed by atoms with Crippen molar-refractivity contribution in [2.75, 3.05) is 31.1 Å². The number of carboxylic acids is 1. The molecule has 1 aromatic heterocycles. The van der Waals surface area contributed by atoms with Gasteiger partial charge in [-0.15, -0.1) is 0 Å². The van der Waals surface area contributed by atoms with Crippen LogP contribution >= 0.6 is 0 Å². The van der Waals surface area contributed by atoms with Crippen LogP contribution in [0.4, 0.5) is 5.82 Å². The van der Waals surface area contributed by atoms with Gasteiger partial charge in [0.25, 0.3) is 0 Å². The molecule has 0 radical (unpaired) electrons. The minimum absolute atomic E-state index is 0.334. The van der Waals surface area contributed by atoms with Crippen LogP contribution in [0, 0.1) is 0 Å². The summed E-state index contributed by atoms with van der Waals surface area (Å²) in [4.78, 5) is 20.3. The second-order valence-corrected chi connectivity index (χ2v) is 6.62. The number of anilines is 1. The fraction of sp³-hybridized carbons (Fsp3) is 0.238. The number of aromatic nitrogens is 1. The summed E-state index contributed by atoms with van der Waals surface area (Å²) in [6.07, 6.45) is 1.88. The second-order valence-electron chi connectivity index (χ2n) is 6.62. The highest BCUT2D eigenvalue weighted by Gasteiger charge is 2.19. The first-order valence-corrected chi connectivity index (χ1v) is 8.84. The summed E-state index contributed by atoms with van der Waals surface area (Å²) in [5.41, 5.74) is 1.48. The summed E-state index contributed by atoms with van der Waals surface area (Å²) >= 11 is 0. The Morgan fingerprint density at radius 1 is 0.962 bits per heavy atom. The minimum atomic E-state index is -0.882. The highest BCUT2D eigenvalue weighted by molar-refractivity contribution is 5.92. The molecule has 0 spiro atoms. The third kappa shape index (κ3) is 3.39. The lowest BCUT2D eigenvalue weighted by Crippen LogP contribution is -2.46. The maximum Gasteiger partial charge on any atom is 0.335 e. The molecule has 0 bridgehead atoms. The van der Waals surface area contributed by atoms with Gasteiger partial charge in [0, 0.05) is 44.3 Å². The van der Waals surface area contributed by atoms with Crippen molar-refractivity contribution in [2.24, 2.45) is 0 Å². The molecule has 5 nitrogen and oxygen atoms in total. The van der Waals surface area contributed by atoms with Gasteiger partial charge in [0.05, 0.1) is 5.56 Å². The third-order valence-electron chi connectivity index (χ3n) is 4.93. The Bertz CT molecular complexity index is 911. The van der Waals surface area contributed by atoms with Gasteiger partial charge in [-0.3, -0.25) is 4.90 Å². The molecule has 3 aromatic rings. The summed E-state index contributed by atoms with van der Waals surface area (Å²) in [5, 5.41) is 11.4. The third-order valence-corrected chi connectivity index (χ3v) is 4.93. The van der Waals surface area contributed by atoms with Crippen LogP contribution in [0.2, 0.25) is 0 Å². The lowest BCUT2D eigenvalue weighted by atomic mass is 10.1. The number of rotatable bonds is 4. The predicted molar refractivity (Wildman–Crippen MR) is 103 cm³/mol. The second kappa shape index (κ2) is 7.14. The molecule has 0 atom stereocenters. The van der Waals surface area contributed by atoms with E-state index in [9.17, 15) is 4.79 Å². The fourth-order valence-corrected chi connectivity index (χ4v) is 3.48. The molecule has 1 aliphatic heterocycles. The number of carbonyl (C=O) groups is 1. The average Bonchev–Trinajstić information content (AvgIpc) is 2.69. The maximum absolute atomic E-state index is 10.9. The van der Waals surface area contributed by atoms with Gasteiger partial charge in [-0.05, 0) is 29.1 Å². The lowest BCUT2D eigenvalue weighted by Gasteiger charge is -2.35. The van der Waals surface area contributed by atoms with Crippen LogP contribution in [0.1, 0.15) is 15.9 Å². The zero-order chi connectivity index (χ0) is 17.9. The molecule has 4 rings (SSSR count). The van der Waals surface area contributed by atoms with Gasteiger partial charge in [-0.25, -0.2) is 9.78 Å². The quantitative estimate of drug-likeness (QED) is 0.785. The van der Waals surface area contributed by atoms with Gasteiger partial charge in [0.1, 0.15) is 5.82 Å². The van der Waals surface area contributed by atoms with E-state index >= 15 is 0 Å². The molecule has 1 saturated heterocycles. The molecule has 1 fully saturated rings. The molecule has 5 heteroatoms. The normalized spacial score (nSPS) is 15.3. The van der Waals surface area contributed by atoms with Crippen molar-refractivity contribution in [3.8, 4) is 0 Å². The monoisotopic (exact) mass is 347 g/mol. The van der Waals surface area contributed by atoms with Crippen LogP contribution in [0.15, 0.2) is 60.8 Å². The fourth-order valence-electron chi connectivity index (χ4n) is 3.48. The Labute approximate surface area is 152 Å². The summed E-state index contributed by atoms with van der Waals surface area (Å²) in [7, 11) is 0. The van der Waals surface area contributed by atoms with E-state index in [4.69, 9.17) is 5.11 Å². The van der Waals surface area contributed by atoms with Crippen molar-refractivity contribution >= 4 is 22.6 Å². The van der Waals surface area contributed by atoms with E-state index in [-0.39, 0.29) is 0 Å². The topological polar surface area (TPSA) is 56.7 Å². The van der Waals surface area contributed by atoms with Crippen LogP contribution in [0.5, 0.6) is 0 Å². The van der Waals surface area contributed by atoms with Gasteiger partial charge >= 0.3 is 5.97 Å². The molecule has 0 unspecified atom stereocenters. The molecule has 26 heavy (non-hydrogen) atoms. The molecular formula is C21H21N3O2. The van der Waals surface area contributed by atoms with Crippen molar-refractivity contribution in [1.82, 2.24) is 9.88 Å². The molecule has 0 aliphatic carbocycles. The number of pyridine rings is 1. The predicted octanol–water partition coefficient (Wildman–Crippen LogP) is 3.26. The highest BCUT2D eigenvalue weighted by atomic mass is 16.4. The number of aromatic carboxylic acids is 1. The Morgan fingerprint density at radius 2 is 1.69 bits per heavy atom. The van der Waals surface area contributed by atoms with Crippen LogP contribution in [-0.4, -0.2) is 47.1 Å². The Balaban J connectivity index is 1.41. The van der Waals surface area contributed by atoms with E-state index in [1.54, 1.807) is 12.1 Å². The largest absolute Gasteiger partial charge is 0.478 e. The van der Waals surface area contributed by atoms with Crippen molar-refractivity contribution in [2.45, 2.75) is 6.54 Å². The summed E-state index contributed by atoms with van der Waals surface area (Å²) in [6, 6.07) is 17.6. The minimum Gasteiger partial charge on any atom is -0.478 e. The highest BCUT2D eigenvalue weighted by Crippen LogP contribution is 2.25. The smallest absolute Gasteiger partial charge is 0.335 e. The number of nitrogens with zero attached hydrogens (tertiary/aromatic N) is 3. The molecule has 0 amide bonds. The van der Waals surface area contributed by atoms with Gasteiger partial charge in [0.15, 0.2) is 0 Å². The van der Waals surface area contributed by atoms with Crippen molar-refractivity contribution in [3.05, 3.63) is 71.9 Å². The van der Waals surface area contributed by atoms with Gasteiger partial charge in [0.2, 0.25) is 0 Å². The van der Waals surface area contributed by atoms with E-state index in [1.165, 1.54) is 10.8 Å². The molecule has 1 aliphatic rings. The molecule has 132 valence electrons. The van der Waals surface area contributed by atoms with Crippen molar-refractivity contribution < 1.29 is 9.90 Å². The number of hydrogen-bond donors (Lipinski definition) is 1. The Morgan fingerprint density at radius 3 is 2.42 bits per heavy atom. The molecular weight excluding hydrogens is 326 g/mol. The number of carboxylic acid groups (broad SMARTS) is 1. The van der Waals surface area contributed by atoms with E-state index in [2.05, 4.69) is 45.1 Å². The Hall–Kier alpha value is -2.92. The molecule has 2 heterocycles. The summed E-state index contributed by atoms with van der Waals surface area (Å²) < 4.78 is 0. The first-order valence-electron chi connectivity index (χ1n) is 8.84. The first-order chi connectivity index (χ1) is 12.7. The first kappa shape index (κ1) is 16.5. The zero-order valence-electron chi connectivity index (χ0n) is 14.5.